The molecule has 1 aromatic carbocycles. The van der Waals surface area contributed by atoms with Crippen molar-refractivity contribution in [3.63, 3.8) is 0 Å². The van der Waals surface area contributed by atoms with Gasteiger partial charge in [0.15, 0.2) is 0 Å². The number of H-pyrrole nitrogens is 1. The maximum Gasteiger partial charge on any atom is 0.255 e. The van der Waals surface area contributed by atoms with Gasteiger partial charge in [0.2, 0.25) is 0 Å². The summed E-state index contributed by atoms with van der Waals surface area (Å²) in [4.78, 5) is 31.9. The number of methoxy groups -OCH3 is 2. The Morgan fingerprint density at radius 3 is 2.63 bits per heavy atom. The molecular formula is C19H20N4O4. The average molecular weight is 368 g/mol. The molecule has 0 aliphatic rings. The molecule has 0 saturated carbocycles. The van der Waals surface area contributed by atoms with Gasteiger partial charge in [-0.15, -0.1) is 0 Å². The fourth-order valence-corrected chi connectivity index (χ4v) is 2.57. The maximum absolute atomic E-state index is 12.4. The number of rotatable bonds is 7. The Balaban J connectivity index is 1.77. The standard InChI is InChI=1S/C19H20N4O4/c1-26-8-7-20-19(25)16-11-22-17-15(16)9-13(10-21-17)23-18(24)12-3-5-14(27-2)6-4-12/h3-6,9-11H,7-8H2,1-2H3,(H,20,25)(H,21,22)(H,23,24). The van der Waals surface area contributed by atoms with Gasteiger partial charge in [0.1, 0.15) is 11.4 Å². The third-order valence-corrected chi connectivity index (χ3v) is 3.98. The van der Waals surface area contributed by atoms with E-state index in [0.717, 1.165) is 0 Å². The van der Waals surface area contributed by atoms with E-state index in [9.17, 15) is 9.59 Å². The van der Waals surface area contributed by atoms with Crippen molar-refractivity contribution in [1.29, 1.82) is 0 Å². The molecular weight excluding hydrogens is 348 g/mol. The van der Waals surface area contributed by atoms with Crippen molar-refractivity contribution >= 4 is 28.5 Å². The van der Waals surface area contributed by atoms with Gasteiger partial charge in [-0.1, -0.05) is 0 Å². The Morgan fingerprint density at radius 2 is 1.93 bits per heavy atom. The van der Waals surface area contributed by atoms with Crippen molar-refractivity contribution in [2.75, 3.05) is 32.7 Å². The Bertz CT molecular complexity index is 950. The van der Waals surface area contributed by atoms with Crippen LogP contribution in [0.25, 0.3) is 11.0 Å². The maximum atomic E-state index is 12.4. The monoisotopic (exact) mass is 368 g/mol. The van der Waals surface area contributed by atoms with Gasteiger partial charge >= 0.3 is 0 Å². The van der Waals surface area contributed by atoms with Gasteiger partial charge in [0.05, 0.1) is 31.2 Å². The van der Waals surface area contributed by atoms with Gasteiger partial charge in [-0.2, -0.15) is 0 Å². The van der Waals surface area contributed by atoms with Crippen LogP contribution in [0.15, 0.2) is 42.7 Å². The Hall–Kier alpha value is -3.39. The summed E-state index contributed by atoms with van der Waals surface area (Å²) >= 11 is 0. The first kappa shape index (κ1) is 18.4. The largest absolute Gasteiger partial charge is 0.497 e. The summed E-state index contributed by atoms with van der Waals surface area (Å²) in [7, 11) is 3.13. The van der Waals surface area contributed by atoms with Crippen LogP contribution < -0.4 is 15.4 Å². The van der Waals surface area contributed by atoms with E-state index in [0.29, 0.717) is 46.7 Å². The molecule has 0 aliphatic carbocycles. The highest BCUT2D eigenvalue weighted by Crippen LogP contribution is 2.21. The first-order valence-corrected chi connectivity index (χ1v) is 8.32. The fraction of sp³-hybridized carbons (Fsp3) is 0.211. The van der Waals surface area contributed by atoms with Crippen LogP contribution in [-0.4, -0.2) is 49.2 Å². The second-order valence-electron chi connectivity index (χ2n) is 5.75. The van der Waals surface area contributed by atoms with E-state index in [2.05, 4.69) is 20.6 Å². The molecule has 8 heteroatoms. The van der Waals surface area contributed by atoms with Gasteiger partial charge in [-0.25, -0.2) is 4.98 Å². The summed E-state index contributed by atoms with van der Waals surface area (Å²) in [5.41, 5.74) is 2.00. The zero-order valence-corrected chi connectivity index (χ0v) is 15.0. The Labute approximate surface area is 155 Å². The predicted molar refractivity (Wildman–Crippen MR) is 101 cm³/mol. The molecule has 3 aromatic rings. The zero-order valence-electron chi connectivity index (χ0n) is 15.0. The molecule has 8 nitrogen and oxygen atoms in total. The van der Waals surface area contributed by atoms with Gasteiger partial charge in [-0.05, 0) is 30.3 Å². The fourth-order valence-electron chi connectivity index (χ4n) is 2.57. The lowest BCUT2D eigenvalue weighted by Gasteiger charge is -2.07. The summed E-state index contributed by atoms with van der Waals surface area (Å²) < 4.78 is 10.0. The topological polar surface area (TPSA) is 105 Å². The molecule has 0 atom stereocenters. The summed E-state index contributed by atoms with van der Waals surface area (Å²) in [6.07, 6.45) is 3.13. The quantitative estimate of drug-likeness (QED) is 0.555. The molecule has 3 rings (SSSR count). The molecule has 140 valence electrons. The minimum Gasteiger partial charge on any atom is -0.497 e. The van der Waals surface area contributed by atoms with Crippen LogP contribution >= 0.6 is 0 Å². The minimum atomic E-state index is -0.277. The second-order valence-corrected chi connectivity index (χ2v) is 5.75. The lowest BCUT2D eigenvalue weighted by Crippen LogP contribution is -2.26. The second kappa shape index (κ2) is 8.33. The third-order valence-electron chi connectivity index (χ3n) is 3.98. The number of anilines is 1. The van der Waals surface area contributed by atoms with Crippen molar-refractivity contribution in [3.8, 4) is 5.75 Å². The number of benzene rings is 1. The summed E-state index contributed by atoms with van der Waals surface area (Å²) in [6.45, 7) is 0.832. The number of carbonyl (C=O) groups is 2. The van der Waals surface area contributed by atoms with E-state index >= 15 is 0 Å². The molecule has 0 spiro atoms. The van der Waals surface area contributed by atoms with Crippen molar-refractivity contribution in [2.45, 2.75) is 0 Å². The number of fused-ring (bicyclic) bond motifs is 1. The van der Waals surface area contributed by atoms with Crippen LogP contribution in [0.1, 0.15) is 20.7 Å². The summed E-state index contributed by atoms with van der Waals surface area (Å²) in [6, 6.07) is 8.48. The molecule has 2 heterocycles. The highest BCUT2D eigenvalue weighted by Gasteiger charge is 2.14. The number of pyridine rings is 1. The molecule has 0 bridgehead atoms. The smallest absolute Gasteiger partial charge is 0.255 e. The first-order chi connectivity index (χ1) is 13.1. The van der Waals surface area contributed by atoms with Crippen LogP contribution in [0.4, 0.5) is 5.69 Å². The summed E-state index contributed by atoms with van der Waals surface area (Å²) in [5.74, 6) is 0.158. The number of nitrogens with one attached hydrogen (secondary N) is 3. The van der Waals surface area contributed by atoms with Crippen molar-refractivity contribution in [3.05, 3.63) is 53.9 Å². The van der Waals surface area contributed by atoms with Gasteiger partial charge in [-0.3, -0.25) is 9.59 Å². The van der Waals surface area contributed by atoms with E-state index in [4.69, 9.17) is 9.47 Å². The van der Waals surface area contributed by atoms with Gasteiger partial charge < -0.3 is 25.1 Å². The molecule has 0 radical (unpaired) electrons. The van der Waals surface area contributed by atoms with E-state index in [1.165, 1.54) is 6.20 Å². The highest BCUT2D eigenvalue weighted by molar-refractivity contribution is 6.08. The molecule has 0 fully saturated rings. The number of aromatic nitrogens is 2. The number of aromatic amines is 1. The average Bonchev–Trinajstić information content (AvgIpc) is 3.11. The van der Waals surface area contributed by atoms with E-state index in [1.54, 1.807) is 50.7 Å². The van der Waals surface area contributed by atoms with E-state index < -0.39 is 0 Å². The number of carbonyl (C=O) groups excluding carboxylic acids is 2. The number of amides is 2. The third kappa shape index (κ3) is 4.24. The van der Waals surface area contributed by atoms with E-state index in [-0.39, 0.29) is 11.8 Å². The molecule has 0 aliphatic heterocycles. The normalized spacial score (nSPS) is 10.6. The first-order valence-electron chi connectivity index (χ1n) is 8.32. The minimum absolute atomic E-state index is 0.237. The Kier molecular flexibility index (Phi) is 5.68. The number of hydrogen-bond acceptors (Lipinski definition) is 5. The van der Waals surface area contributed by atoms with Crippen LogP contribution in [0.2, 0.25) is 0 Å². The van der Waals surface area contributed by atoms with Crippen LogP contribution in [-0.2, 0) is 4.74 Å². The van der Waals surface area contributed by atoms with Crippen molar-refractivity contribution in [2.24, 2.45) is 0 Å². The molecule has 3 N–H and O–H groups in total. The van der Waals surface area contributed by atoms with Gasteiger partial charge in [0, 0.05) is 30.8 Å². The lowest BCUT2D eigenvalue weighted by molar-refractivity contribution is 0.0938. The summed E-state index contributed by atoms with van der Waals surface area (Å²) in [5, 5.41) is 6.17. The lowest BCUT2D eigenvalue weighted by atomic mass is 10.2. The molecule has 2 aromatic heterocycles. The molecule has 2 amide bonds. The number of ether oxygens (including phenoxy) is 2. The molecule has 0 saturated heterocycles. The van der Waals surface area contributed by atoms with Crippen molar-refractivity contribution < 1.29 is 19.1 Å². The highest BCUT2D eigenvalue weighted by atomic mass is 16.5. The predicted octanol–water partition coefficient (Wildman–Crippen LogP) is 2.20. The number of hydrogen-bond donors (Lipinski definition) is 3. The van der Waals surface area contributed by atoms with Gasteiger partial charge in [0.25, 0.3) is 11.8 Å². The zero-order chi connectivity index (χ0) is 19.2. The van der Waals surface area contributed by atoms with Crippen LogP contribution in [0, 0.1) is 0 Å². The Morgan fingerprint density at radius 1 is 1.15 bits per heavy atom. The van der Waals surface area contributed by atoms with E-state index in [1.807, 2.05) is 0 Å². The van der Waals surface area contributed by atoms with Crippen molar-refractivity contribution in [1.82, 2.24) is 15.3 Å². The SMILES string of the molecule is COCCNC(=O)c1c[nH]c2ncc(NC(=O)c3ccc(OC)cc3)cc12. The van der Waals surface area contributed by atoms with Crippen LogP contribution in [0.3, 0.4) is 0 Å². The molecule has 27 heavy (non-hydrogen) atoms. The molecule has 0 unspecified atom stereocenters. The van der Waals surface area contributed by atoms with Crippen LogP contribution in [0.5, 0.6) is 5.75 Å². The number of nitrogens with zero attached hydrogens (tertiary/aromatic N) is 1.